The Kier molecular flexibility index (Phi) is 6.18. The molecule has 1 heterocycles. The highest BCUT2D eigenvalue weighted by Crippen LogP contribution is 2.32. The number of unbranched alkanes of at least 4 members (excludes halogenated alkanes) is 1. The van der Waals surface area contributed by atoms with Gasteiger partial charge < -0.3 is 9.84 Å². The van der Waals surface area contributed by atoms with Gasteiger partial charge in [0.25, 0.3) is 5.91 Å². The summed E-state index contributed by atoms with van der Waals surface area (Å²) >= 11 is 6.31. The summed E-state index contributed by atoms with van der Waals surface area (Å²) in [7, 11) is 0. The van der Waals surface area contributed by atoms with E-state index < -0.39 is 5.97 Å². The Hall–Kier alpha value is -1.86. The summed E-state index contributed by atoms with van der Waals surface area (Å²) in [5.41, 5.74) is 0.772. The van der Waals surface area contributed by atoms with Gasteiger partial charge in [-0.1, -0.05) is 49.5 Å². The number of aromatic hydroxyl groups is 1. The normalized spacial score (nSPS) is 16.2. The van der Waals surface area contributed by atoms with E-state index in [-0.39, 0.29) is 18.2 Å². The van der Waals surface area contributed by atoms with E-state index in [1.807, 2.05) is 6.92 Å². The van der Waals surface area contributed by atoms with Crippen LogP contribution in [-0.2, 0) is 14.3 Å². The summed E-state index contributed by atoms with van der Waals surface area (Å²) in [6.07, 6.45) is 3.41. The number of hydrogen-bond acceptors (Lipinski definition) is 6. The van der Waals surface area contributed by atoms with Gasteiger partial charge in [0, 0.05) is 0 Å². The number of hydrogen-bond donors (Lipinski definition) is 1. The third-order valence-corrected chi connectivity index (χ3v) is 4.49. The van der Waals surface area contributed by atoms with Gasteiger partial charge >= 0.3 is 5.97 Å². The lowest BCUT2D eigenvalue weighted by Crippen LogP contribution is -2.34. The van der Waals surface area contributed by atoms with Crippen molar-refractivity contribution >= 4 is 46.3 Å². The molecule has 1 fully saturated rings. The van der Waals surface area contributed by atoms with E-state index in [2.05, 4.69) is 0 Å². The maximum absolute atomic E-state index is 12.3. The van der Waals surface area contributed by atoms with Crippen molar-refractivity contribution in [2.45, 2.75) is 19.8 Å². The first kappa shape index (κ1) is 17.5. The lowest BCUT2D eigenvalue weighted by molar-refractivity contribution is -0.146. The summed E-state index contributed by atoms with van der Waals surface area (Å²) in [5, 5.41) is 9.27. The highest BCUT2D eigenvalue weighted by atomic mass is 32.2. The molecule has 1 N–H and O–H groups in total. The molecule has 0 atom stereocenters. The number of thiocarbonyl (C=S) groups is 1. The lowest BCUT2D eigenvalue weighted by Gasteiger charge is -2.13. The Morgan fingerprint density at radius 3 is 2.74 bits per heavy atom. The number of carbonyl (C=O) groups is 2. The number of thioether (sulfide) groups is 1. The molecule has 122 valence electrons. The van der Waals surface area contributed by atoms with Crippen molar-refractivity contribution in [2.75, 3.05) is 13.2 Å². The van der Waals surface area contributed by atoms with E-state index in [1.165, 1.54) is 17.0 Å². The highest BCUT2D eigenvalue weighted by molar-refractivity contribution is 8.26. The first-order chi connectivity index (χ1) is 11.0. The van der Waals surface area contributed by atoms with Gasteiger partial charge in [-0.25, -0.2) is 0 Å². The van der Waals surface area contributed by atoms with Crippen LogP contribution in [0.3, 0.4) is 0 Å². The number of ether oxygens (including phenoxy) is 1. The molecule has 23 heavy (non-hydrogen) atoms. The fraction of sp³-hybridized carbons (Fsp3) is 0.312. The minimum absolute atomic E-state index is 0.157. The molecule has 5 nitrogen and oxygen atoms in total. The SMILES string of the molecule is CCCCOC(=O)CN1C(=O)C(=Cc2ccc(O)cc2)SC1=S. The number of amides is 1. The van der Waals surface area contributed by atoms with Crippen LogP contribution in [0.2, 0.25) is 0 Å². The van der Waals surface area contributed by atoms with Gasteiger partial charge in [-0.15, -0.1) is 0 Å². The molecule has 0 bridgehead atoms. The quantitative estimate of drug-likeness (QED) is 0.368. The Balaban J connectivity index is 2.02. The summed E-state index contributed by atoms with van der Waals surface area (Å²) in [6, 6.07) is 6.47. The van der Waals surface area contributed by atoms with Crippen molar-refractivity contribution in [3.8, 4) is 5.75 Å². The molecule has 0 unspecified atom stereocenters. The second kappa shape index (κ2) is 8.12. The first-order valence-corrected chi connectivity index (χ1v) is 8.43. The molecule has 1 aromatic carbocycles. The summed E-state index contributed by atoms with van der Waals surface area (Å²) < 4.78 is 5.40. The zero-order valence-electron chi connectivity index (χ0n) is 12.7. The monoisotopic (exact) mass is 351 g/mol. The molecule has 1 aliphatic rings. The molecule has 0 spiro atoms. The van der Waals surface area contributed by atoms with Crippen LogP contribution in [0.15, 0.2) is 29.2 Å². The van der Waals surface area contributed by atoms with Gasteiger partial charge in [-0.2, -0.15) is 0 Å². The van der Waals surface area contributed by atoms with Crippen molar-refractivity contribution in [3.05, 3.63) is 34.7 Å². The fourth-order valence-electron chi connectivity index (χ4n) is 1.86. The third-order valence-electron chi connectivity index (χ3n) is 3.11. The predicted molar refractivity (Wildman–Crippen MR) is 93.9 cm³/mol. The third kappa shape index (κ3) is 4.80. The van der Waals surface area contributed by atoms with Crippen molar-refractivity contribution in [1.82, 2.24) is 4.90 Å². The molecular formula is C16H17NO4S2. The summed E-state index contributed by atoms with van der Waals surface area (Å²) in [4.78, 5) is 25.8. The topological polar surface area (TPSA) is 66.8 Å². The van der Waals surface area contributed by atoms with Crippen LogP contribution >= 0.6 is 24.0 Å². The molecule has 0 aromatic heterocycles. The Bertz CT molecular complexity index is 640. The van der Waals surface area contributed by atoms with Crippen LogP contribution in [0.1, 0.15) is 25.3 Å². The molecule has 1 amide bonds. The molecule has 0 radical (unpaired) electrons. The molecule has 7 heteroatoms. The highest BCUT2D eigenvalue weighted by Gasteiger charge is 2.33. The maximum Gasteiger partial charge on any atom is 0.326 e. The van der Waals surface area contributed by atoms with Gasteiger partial charge in [0.2, 0.25) is 0 Å². The average Bonchev–Trinajstić information content (AvgIpc) is 2.77. The number of phenols is 1. The number of carbonyl (C=O) groups excluding carboxylic acids is 2. The van der Waals surface area contributed by atoms with Gasteiger partial charge in [0.1, 0.15) is 16.6 Å². The van der Waals surface area contributed by atoms with Crippen LogP contribution in [0.4, 0.5) is 0 Å². The van der Waals surface area contributed by atoms with E-state index in [0.29, 0.717) is 15.8 Å². The first-order valence-electron chi connectivity index (χ1n) is 7.21. The lowest BCUT2D eigenvalue weighted by atomic mass is 10.2. The minimum atomic E-state index is -0.458. The van der Waals surface area contributed by atoms with Crippen molar-refractivity contribution < 1.29 is 19.4 Å². The van der Waals surface area contributed by atoms with E-state index >= 15 is 0 Å². The van der Waals surface area contributed by atoms with Gasteiger partial charge in [-0.3, -0.25) is 14.5 Å². The van der Waals surface area contributed by atoms with E-state index in [9.17, 15) is 14.7 Å². The fourth-order valence-corrected chi connectivity index (χ4v) is 3.12. The zero-order valence-corrected chi connectivity index (χ0v) is 14.3. The Morgan fingerprint density at radius 2 is 2.09 bits per heavy atom. The molecule has 0 aliphatic carbocycles. The molecule has 2 rings (SSSR count). The number of esters is 1. The van der Waals surface area contributed by atoms with Gasteiger partial charge in [0.15, 0.2) is 0 Å². The van der Waals surface area contributed by atoms with Crippen LogP contribution in [0.5, 0.6) is 5.75 Å². The number of phenolic OH excluding ortho intramolecular Hbond substituents is 1. The van der Waals surface area contributed by atoms with Gasteiger partial charge in [-0.05, 0) is 30.2 Å². The second-order valence-electron chi connectivity index (χ2n) is 4.93. The molecule has 0 saturated carbocycles. The van der Waals surface area contributed by atoms with Crippen molar-refractivity contribution in [2.24, 2.45) is 0 Å². The second-order valence-corrected chi connectivity index (χ2v) is 6.61. The van der Waals surface area contributed by atoms with Gasteiger partial charge in [0.05, 0.1) is 11.5 Å². The largest absolute Gasteiger partial charge is 0.508 e. The predicted octanol–water partition coefficient (Wildman–Crippen LogP) is 2.94. The molecule has 1 saturated heterocycles. The average molecular weight is 351 g/mol. The zero-order chi connectivity index (χ0) is 16.8. The number of benzene rings is 1. The van der Waals surface area contributed by atoms with Crippen molar-refractivity contribution in [1.29, 1.82) is 0 Å². The van der Waals surface area contributed by atoms with Crippen LogP contribution < -0.4 is 0 Å². The van der Waals surface area contributed by atoms with Crippen LogP contribution in [0, 0.1) is 0 Å². The maximum atomic E-state index is 12.3. The van der Waals surface area contributed by atoms with Crippen molar-refractivity contribution in [3.63, 3.8) is 0 Å². The molecule has 1 aromatic rings. The van der Waals surface area contributed by atoms with E-state index in [1.54, 1.807) is 18.2 Å². The number of rotatable bonds is 6. The van der Waals surface area contributed by atoms with E-state index in [4.69, 9.17) is 17.0 Å². The summed E-state index contributed by atoms with van der Waals surface area (Å²) in [5.74, 6) is -0.606. The molecular weight excluding hydrogens is 334 g/mol. The Morgan fingerprint density at radius 1 is 1.39 bits per heavy atom. The number of nitrogens with zero attached hydrogens (tertiary/aromatic N) is 1. The standard InChI is InChI=1S/C16H17NO4S2/c1-2-3-8-21-14(19)10-17-15(20)13(23-16(17)22)9-11-4-6-12(18)7-5-11/h4-7,9,18H,2-3,8,10H2,1H3. The Labute approximate surface area is 144 Å². The molecule has 1 aliphatic heterocycles. The minimum Gasteiger partial charge on any atom is -0.508 e. The van der Waals surface area contributed by atoms with Crippen LogP contribution in [-0.4, -0.2) is 39.4 Å². The van der Waals surface area contributed by atoms with E-state index in [0.717, 1.165) is 30.2 Å². The van der Waals surface area contributed by atoms with Crippen LogP contribution in [0.25, 0.3) is 6.08 Å². The smallest absolute Gasteiger partial charge is 0.326 e. The summed E-state index contributed by atoms with van der Waals surface area (Å²) in [6.45, 7) is 2.19.